The maximum Gasteiger partial charge on any atom is 0.131 e. The quantitative estimate of drug-likeness (QED) is 0.767. The number of hydrogen-bond donors (Lipinski definition) is 1. The number of likely N-dealkylation sites (N-methyl/N-ethyl adjacent to an activating group) is 1. The molecule has 1 aliphatic rings. The lowest BCUT2D eigenvalue weighted by Crippen LogP contribution is -2.31. The maximum absolute atomic E-state index is 9.80. The summed E-state index contributed by atoms with van der Waals surface area (Å²) >= 11 is 1.74. The Kier molecular flexibility index (Phi) is 3.51. The van der Waals surface area contributed by atoms with Gasteiger partial charge in [0.05, 0.1) is 7.11 Å². The van der Waals surface area contributed by atoms with Crippen molar-refractivity contribution in [2.24, 2.45) is 0 Å². The van der Waals surface area contributed by atoms with Crippen molar-refractivity contribution in [1.82, 2.24) is 4.90 Å². The van der Waals surface area contributed by atoms with Gasteiger partial charge in [-0.25, -0.2) is 0 Å². The summed E-state index contributed by atoms with van der Waals surface area (Å²) in [7, 11) is 3.87. The molecule has 4 heteroatoms. The number of phenolic OH excluding ortho intramolecular Hbond substituents is 1. The average Bonchev–Trinajstić information content (AvgIpc) is 3.01. The molecule has 3 aromatic rings. The van der Waals surface area contributed by atoms with Gasteiger partial charge in [-0.3, -0.25) is 0 Å². The van der Waals surface area contributed by atoms with E-state index in [0.717, 1.165) is 18.8 Å². The fourth-order valence-electron chi connectivity index (χ4n) is 3.64. The Hall–Kier alpha value is -2.04. The number of thiophene rings is 1. The van der Waals surface area contributed by atoms with Crippen LogP contribution >= 0.6 is 11.3 Å². The van der Waals surface area contributed by atoms with Gasteiger partial charge in [0.25, 0.3) is 0 Å². The lowest BCUT2D eigenvalue weighted by atomic mass is 9.84. The second kappa shape index (κ2) is 5.55. The normalized spacial score (nSPS) is 18.1. The molecule has 1 atom stereocenters. The standard InChI is InChI=1S/C19H19NO2S/c1-20-10-12-9-13(21)3-4-14(12)17(11-20)15-5-6-18-16(7-8-23-18)19(15)22-2/h3-9,17,21H,10-11H2,1-2H3. The van der Waals surface area contributed by atoms with E-state index in [1.165, 1.54) is 26.8 Å². The zero-order chi connectivity index (χ0) is 16.0. The third-order valence-electron chi connectivity index (χ3n) is 4.63. The SMILES string of the molecule is COc1c(C2CN(C)Cc3cc(O)ccc32)ccc2sccc12. The molecule has 0 saturated heterocycles. The summed E-state index contributed by atoms with van der Waals surface area (Å²) in [6.07, 6.45) is 0. The Balaban J connectivity index is 1.91. The number of nitrogens with zero attached hydrogens (tertiary/aromatic N) is 1. The van der Waals surface area contributed by atoms with Crippen LogP contribution in [0.4, 0.5) is 0 Å². The van der Waals surface area contributed by atoms with Gasteiger partial charge in [-0.1, -0.05) is 12.1 Å². The van der Waals surface area contributed by atoms with Crippen LogP contribution in [0.15, 0.2) is 41.8 Å². The first-order valence-electron chi connectivity index (χ1n) is 7.72. The van der Waals surface area contributed by atoms with Crippen molar-refractivity contribution >= 4 is 21.4 Å². The topological polar surface area (TPSA) is 32.7 Å². The van der Waals surface area contributed by atoms with Crippen molar-refractivity contribution in [3.8, 4) is 11.5 Å². The molecule has 23 heavy (non-hydrogen) atoms. The van der Waals surface area contributed by atoms with Crippen LogP contribution in [0.25, 0.3) is 10.1 Å². The molecule has 2 heterocycles. The minimum Gasteiger partial charge on any atom is -0.508 e. The Morgan fingerprint density at radius 1 is 1.17 bits per heavy atom. The molecule has 0 fully saturated rings. The Morgan fingerprint density at radius 3 is 2.83 bits per heavy atom. The van der Waals surface area contributed by atoms with Crippen LogP contribution in [-0.2, 0) is 6.54 Å². The lowest BCUT2D eigenvalue weighted by Gasteiger charge is -2.33. The minimum absolute atomic E-state index is 0.253. The van der Waals surface area contributed by atoms with Crippen LogP contribution in [0.1, 0.15) is 22.6 Å². The van der Waals surface area contributed by atoms with Gasteiger partial charge in [0.1, 0.15) is 11.5 Å². The second-order valence-electron chi connectivity index (χ2n) is 6.15. The Bertz CT molecular complexity index is 871. The molecule has 3 nitrogen and oxygen atoms in total. The summed E-state index contributed by atoms with van der Waals surface area (Å²) < 4.78 is 7.03. The molecular formula is C19H19NO2S. The predicted molar refractivity (Wildman–Crippen MR) is 94.7 cm³/mol. The van der Waals surface area contributed by atoms with Gasteiger partial charge in [-0.15, -0.1) is 11.3 Å². The van der Waals surface area contributed by atoms with E-state index in [-0.39, 0.29) is 5.92 Å². The highest BCUT2D eigenvalue weighted by Gasteiger charge is 2.28. The molecular weight excluding hydrogens is 306 g/mol. The highest BCUT2D eigenvalue weighted by atomic mass is 32.1. The summed E-state index contributed by atoms with van der Waals surface area (Å²) in [5.41, 5.74) is 3.70. The molecule has 1 aromatic heterocycles. The second-order valence-corrected chi connectivity index (χ2v) is 7.10. The number of ether oxygens (including phenoxy) is 1. The highest BCUT2D eigenvalue weighted by Crippen LogP contribution is 2.42. The number of benzene rings is 2. The molecule has 0 amide bonds. The van der Waals surface area contributed by atoms with Crippen LogP contribution in [0.5, 0.6) is 11.5 Å². The Labute approximate surface area is 139 Å². The van der Waals surface area contributed by atoms with Crippen LogP contribution in [0, 0.1) is 0 Å². The fraction of sp³-hybridized carbons (Fsp3) is 0.263. The molecule has 2 aromatic carbocycles. The number of hydrogen-bond acceptors (Lipinski definition) is 4. The molecule has 0 radical (unpaired) electrons. The zero-order valence-corrected chi connectivity index (χ0v) is 14.1. The molecule has 1 aliphatic heterocycles. The predicted octanol–water partition coefficient (Wildman–Crippen LogP) is 4.19. The van der Waals surface area contributed by atoms with E-state index in [0.29, 0.717) is 5.75 Å². The molecule has 1 N–H and O–H groups in total. The summed E-state index contributed by atoms with van der Waals surface area (Å²) in [4.78, 5) is 2.30. The van der Waals surface area contributed by atoms with Crippen LogP contribution < -0.4 is 4.74 Å². The van der Waals surface area contributed by atoms with Crippen LogP contribution in [0.2, 0.25) is 0 Å². The van der Waals surface area contributed by atoms with E-state index in [9.17, 15) is 5.11 Å². The first-order chi connectivity index (χ1) is 11.2. The van der Waals surface area contributed by atoms with Crippen molar-refractivity contribution in [2.75, 3.05) is 20.7 Å². The van der Waals surface area contributed by atoms with Crippen LogP contribution in [-0.4, -0.2) is 30.7 Å². The van der Waals surface area contributed by atoms with Crippen molar-refractivity contribution in [2.45, 2.75) is 12.5 Å². The first kappa shape index (κ1) is 14.5. The van der Waals surface area contributed by atoms with E-state index in [2.05, 4.69) is 41.6 Å². The van der Waals surface area contributed by atoms with E-state index in [1.54, 1.807) is 24.5 Å². The van der Waals surface area contributed by atoms with E-state index in [4.69, 9.17) is 4.74 Å². The molecule has 118 valence electrons. The van der Waals surface area contributed by atoms with Crippen molar-refractivity contribution < 1.29 is 9.84 Å². The monoisotopic (exact) mass is 325 g/mol. The molecule has 0 spiro atoms. The van der Waals surface area contributed by atoms with Gasteiger partial charge in [0.15, 0.2) is 0 Å². The summed E-state index contributed by atoms with van der Waals surface area (Å²) in [5, 5.41) is 13.1. The smallest absolute Gasteiger partial charge is 0.131 e. The van der Waals surface area contributed by atoms with E-state index >= 15 is 0 Å². The summed E-state index contributed by atoms with van der Waals surface area (Å²) in [6, 6.07) is 12.2. The third-order valence-corrected chi connectivity index (χ3v) is 5.51. The largest absolute Gasteiger partial charge is 0.508 e. The zero-order valence-electron chi connectivity index (χ0n) is 13.2. The molecule has 0 saturated carbocycles. The third kappa shape index (κ3) is 2.38. The molecule has 1 unspecified atom stereocenters. The lowest BCUT2D eigenvalue weighted by molar-refractivity contribution is 0.291. The average molecular weight is 325 g/mol. The Morgan fingerprint density at radius 2 is 2.00 bits per heavy atom. The summed E-state index contributed by atoms with van der Waals surface area (Å²) in [5.74, 6) is 1.56. The highest BCUT2D eigenvalue weighted by molar-refractivity contribution is 7.17. The van der Waals surface area contributed by atoms with Crippen LogP contribution in [0.3, 0.4) is 0 Å². The molecule has 0 aliphatic carbocycles. The van der Waals surface area contributed by atoms with Crippen molar-refractivity contribution in [3.05, 3.63) is 58.5 Å². The van der Waals surface area contributed by atoms with Gasteiger partial charge in [0.2, 0.25) is 0 Å². The van der Waals surface area contributed by atoms with E-state index < -0.39 is 0 Å². The molecule has 4 rings (SSSR count). The fourth-order valence-corrected chi connectivity index (χ4v) is 4.42. The minimum atomic E-state index is 0.253. The van der Waals surface area contributed by atoms with E-state index in [1.807, 2.05) is 6.07 Å². The van der Waals surface area contributed by atoms with Gasteiger partial charge in [-0.2, -0.15) is 0 Å². The number of methoxy groups -OCH3 is 1. The summed E-state index contributed by atoms with van der Waals surface area (Å²) in [6.45, 7) is 1.81. The van der Waals surface area contributed by atoms with Crippen molar-refractivity contribution in [3.63, 3.8) is 0 Å². The van der Waals surface area contributed by atoms with Gasteiger partial charge in [-0.05, 0) is 47.8 Å². The van der Waals surface area contributed by atoms with Gasteiger partial charge >= 0.3 is 0 Å². The van der Waals surface area contributed by atoms with Gasteiger partial charge < -0.3 is 14.7 Å². The van der Waals surface area contributed by atoms with Gasteiger partial charge in [0, 0.05) is 34.7 Å². The number of aromatic hydroxyl groups is 1. The number of rotatable bonds is 2. The number of phenols is 1. The molecule has 0 bridgehead atoms. The van der Waals surface area contributed by atoms with Crippen molar-refractivity contribution in [1.29, 1.82) is 0 Å². The maximum atomic E-state index is 9.80. The first-order valence-corrected chi connectivity index (χ1v) is 8.60. The number of fused-ring (bicyclic) bond motifs is 2.